The lowest BCUT2D eigenvalue weighted by molar-refractivity contribution is 0.0942. The van der Waals surface area contributed by atoms with Crippen molar-refractivity contribution in [1.82, 2.24) is 5.32 Å². The fourth-order valence-corrected chi connectivity index (χ4v) is 2.49. The average Bonchev–Trinajstić information content (AvgIpc) is 2.88. The highest BCUT2D eigenvalue weighted by Crippen LogP contribution is 2.26. The number of rotatable bonds is 6. The molecule has 2 unspecified atom stereocenters. The molecule has 100 valence electrons. The lowest BCUT2D eigenvalue weighted by Crippen LogP contribution is -2.26. The third-order valence-corrected chi connectivity index (χ3v) is 3.44. The van der Waals surface area contributed by atoms with E-state index in [0.29, 0.717) is 0 Å². The Balaban J connectivity index is 2.06. The van der Waals surface area contributed by atoms with Crippen molar-refractivity contribution in [3.8, 4) is 0 Å². The van der Waals surface area contributed by atoms with Crippen LogP contribution < -0.4 is 5.32 Å². The molecule has 1 fully saturated rings. The highest BCUT2D eigenvalue weighted by Gasteiger charge is 2.23. The van der Waals surface area contributed by atoms with Gasteiger partial charge >= 0.3 is 0 Å². The smallest absolute Gasteiger partial charge is 0.127 e. The van der Waals surface area contributed by atoms with Gasteiger partial charge in [0.25, 0.3) is 0 Å². The molecular weight excluding hydrogens is 229 g/mol. The van der Waals surface area contributed by atoms with Gasteiger partial charge in [-0.1, -0.05) is 25.1 Å². The Morgan fingerprint density at radius 2 is 2.28 bits per heavy atom. The van der Waals surface area contributed by atoms with Gasteiger partial charge in [0.15, 0.2) is 0 Å². The third-order valence-electron chi connectivity index (χ3n) is 3.44. The van der Waals surface area contributed by atoms with Crippen LogP contribution in [-0.4, -0.2) is 19.3 Å². The highest BCUT2D eigenvalue weighted by atomic mass is 19.1. The van der Waals surface area contributed by atoms with Gasteiger partial charge in [0.05, 0.1) is 6.10 Å². The number of hydrogen-bond acceptors (Lipinski definition) is 2. The van der Waals surface area contributed by atoms with E-state index in [1.165, 1.54) is 6.07 Å². The molecule has 1 N–H and O–H groups in total. The van der Waals surface area contributed by atoms with Gasteiger partial charge in [-0.2, -0.15) is 0 Å². The zero-order valence-corrected chi connectivity index (χ0v) is 11.0. The van der Waals surface area contributed by atoms with Gasteiger partial charge in [-0.3, -0.25) is 0 Å². The minimum Gasteiger partial charge on any atom is -0.378 e. The topological polar surface area (TPSA) is 21.3 Å². The van der Waals surface area contributed by atoms with E-state index in [4.69, 9.17) is 4.74 Å². The summed E-state index contributed by atoms with van der Waals surface area (Å²) in [5.74, 6) is -0.121. The first-order valence-corrected chi connectivity index (χ1v) is 6.90. The standard InChI is InChI=1S/C15H22FNO/c1-2-9-17-15(11-12-6-5-10-18-12)13-7-3-4-8-14(13)16/h3-4,7-8,12,15,17H,2,5-6,9-11H2,1H3. The SMILES string of the molecule is CCCNC(CC1CCCO1)c1ccccc1F. The fraction of sp³-hybridized carbons (Fsp3) is 0.600. The molecule has 1 aromatic carbocycles. The van der Waals surface area contributed by atoms with Crippen LogP contribution in [0.25, 0.3) is 0 Å². The third kappa shape index (κ3) is 3.53. The van der Waals surface area contributed by atoms with Gasteiger partial charge < -0.3 is 10.1 Å². The van der Waals surface area contributed by atoms with Crippen molar-refractivity contribution in [2.45, 2.75) is 44.8 Å². The minimum atomic E-state index is -0.121. The molecule has 0 amide bonds. The summed E-state index contributed by atoms with van der Waals surface area (Å²) in [6.45, 7) is 3.88. The maximum atomic E-state index is 13.9. The summed E-state index contributed by atoms with van der Waals surface area (Å²) in [5, 5.41) is 3.43. The van der Waals surface area contributed by atoms with Gasteiger partial charge in [0.1, 0.15) is 5.82 Å². The summed E-state index contributed by atoms with van der Waals surface area (Å²) in [6, 6.07) is 7.11. The summed E-state index contributed by atoms with van der Waals surface area (Å²) in [7, 11) is 0. The Labute approximate surface area is 109 Å². The molecule has 0 saturated carbocycles. The number of halogens is 1. The lowest BCUT2D eigenvalue weighted by atomic mass is 9.98. The molecular formula is C15H22FNO. The van der Waals surface area contributed by atoms with Crippen LogP contribution in [-0.2, 0) is 4.74 Å². The largest absolute Gasteiger partial charge is 0.378 e. The molecule has 2 atom stereocenters. The molecule has 0 bridgehead atoms. The predicted molar refractivity (Wildman–Crippen MR) is 71.0 cm³/mol. The fourth-order valence-electron chi connectivity index (χ4n) is 2.49. The second kappa shape index (κ2) is 6.86. The first-order chi connectivity index (χ1) is 8.81. The quantitative estimate of drug-likeness (QED) is 0.836. The van der Waals surface area contributed by atoms with Crippen LogP contribution in [0.15, 0.2) is 24.3 Å². The second-order valence-electron chi connectivity index (χ2n) is 4.90. The summed E-state index contributed by atoms with van der Waals surface area (Å²) in [6.07, 6.45) is 4.41. The van der Waals surface area contributed by atoms with Crippen LogP contribution in [0.4, 0.5) is 4.39 Å². The molecule has 18 heavy (non-hydrogen) atoms. The van der Waals surface area contributed by atoms with Crippen molar-refractivity contribution in [3.05, 3.63) is 35.6 Å². The van der Waals surface area contributed by atoms with E-state index < -0.39 is 0 Å². The van der Waals surface area contributed by atoms with Crippen molar-refractivity contribution in [3.63, 3.8) is 0 Å². The minimum absolute atomic E-state index is 0.0641. The summed E-state index contributed by atoms with van der Waals surface area (Å²) >= 11 is 0. The van der Waals surface area contributed by atoms with E-state index in [2.05, 4.69) is 12.2 Å². The van der Waals surface area contributed by atoms with Gasteiger partial charge in [-0.15, -0.1) is 0 Å². The van der Waals surface area contributed by atoms with Crippen molar-refractivity contribution in [1.29, 1.82) is 0 Å². The Morgan fingerprint density at radius 1 is 1.44 bits per heavy atom. The van der Waals surface area contributed by atoms with Crippen molar-refractivity contribution in [2.75, 3.05) is 13.2 Å². The Morgan fingerprint density at radius 3 is 2.94 bits per heavy atom. The Bertz CT molecular complexity index is 363. The summed E-state index contributed by atoms with van der Waals surface area (Å²) in [4.78, 5) is 0. The zero-order valence-electron chi connectivity index (χ0n) is 11.0. The van der Waals surface area contributed by atoms with E-state index in [-0.39, 0.29) is 18.0 Å². The predicted octanol–water partition coefficient (Wildman–Crippen LogP) is 3.44. The Kier molecular flexibility index (Phi) is 5.14. The average molecular weight is 251 g/mol. The molecule has 0 aliphatic carbocycles. The number of ether oxygens (including phenoxy) is 1. The number of hydrogen-bond donors (Lipinski definition) is 1. The van der Waals surface area contributed by atoms with E-state index in [0.717, 1.165) is 44.4 Å². The normalized spacial score (nSPS) is 21.1. The molecule has 1 aliphatic heterocycles. The van der Waals surface area contributed by atoms with Crippen LogP contribution in [0.5, 0.6) is 0 Å². The molecule has 0 spiro atoms. The van der Waals surface area contributed by atoms with E-state index in [1.807, 2.05) is 12.1 Å². The van der Waals surface area contributed by atoms with E-state index >= 15 is 0 Å². The maximum Gasteiger partial charge on any atom is 0.127 e. The second-order valence-corrected chi connectivity index (χ2v) is 4.90. The van der Waals surface area contributed by atoms with Gasteiger partial charge in [0, 0.05) is 18.2 Å². The molecule has 3 heteroatoms. The van der Waals surface area contributed by atoms with Gasteiger partial charge in [0.2, 0.25) is 0 Å². The van der Waals surface area contributed by atoms with Crippen molar-refractivity contribution in [2.24, 2.45) is 0 Å². The Hall–Kier alpha value is -0.930. The first-order valence-electron chi connectivity index (χ1n) is 6.90. The molecule has 2 nitrogen and oxygen atoms in total. The zero-order chi connectivity index (χ0) is 12.8. The molecule has 2 rings (SSSR count). The lowest BCUT2D eigenvalue weighted by Gasteiger charge is -2.22. The molecule has 1 aromatic rings. The number of benzene rings is 1. The first kappa shape index (κ1) is 13.5. The summed E-state index contributed by atoms with van der Waals surface area (Å²) < 4.78 is 19.5. The molecule has 0 aromatic heterocycles. The van der Waals surface area contributed by atoms with Crippen molar-refractivity contribution < 1.29 is 9.13 Å². The molecule has 1 heterocycles. The van der Waals surface area contributed by atoms with Crippen LogP contribution in [0.2, 0.25) is 0 Å². The van der Waals surface area contributed by atoms with Crippen LogP contribution >= 0.6 is 0 Å². The molecule has 1 saturated heterocycles. The highest BCUT2D eigenvalue weighted by molar-refractivity contribution is 5.21. The number of nitrogens with one attached hydrogen (secondary N) is 1. The molecule has 0 radical (unpaired) electrons. The molecule has 1 aliphatic rings. The van der Waals surface area contributed by atoms with Gasteiger partial charge in [-0.05, 0) is 38.3 Å². The van der Waals surface area contributed by atoms with Crippen LogP contribution in [0, 0.1) is 5.82 Å². The monoisotopic (exact) mass is 251 g/mol. The van der Waals surface area contributed by atoms with Crippen molar-refractivity contribution >= 4 is 0 Å². The van der Waals surface area contributed by atoms with E-state index in [1.54, 1.807) is 6.07 Å². The van der Waals surface area contributed by atoms with Crippen LogP contribution in [0.1, 0.15) is 44.2 Å². The maximum absolute atomic E-state index is 13.9. The van der Waals surface area contributed by atoms with Gasteiger partial charge in [-0.25, -0.2) is 4.39 Å². The van der Waals surface area contributed by atoms with Crippen LogP contribution in [0.3, 0.4) is 0 Å². The van der Waals surface area contributed by atoms with E-state index in [9.17, 15) is 4.39 Å². The summed E-state index contributed by atoms with van der Waals surface area (Å²) in [5.41, 5.74) is 0.765.